The lowest BCUT2D eigenvalue weighted by Gasteiger charge is -2.02. The monoisotopic (exact) mass is 237 g/mol. The number of aryl methyl sites for hydroxylation is 2. The van der Waals surface area contributed by atoms with Crippen LogP contribution < -0.4 is 0 Å². The van der Waals surface area contributed by atoms with E-state index in [0.29, 0.717) is 18.1 Å². The topological polar surface area (TPSA) is 107 Å². The van der Waals surface area contributed by atoms with Crippen molar-refractivity contribution >= 4 is 5.97 Å². The van der Waals surface area contributed by atoms with E-state index < -0.39 is 5.97 Å². The number of rotatable bonds is 4. The Morgan fingerprint density at radius 2 is 2.24 bits per heavy atom. The lowest BCUT2D eigenvalue weighted by molar-refractivity contribution is -0.136. The molecule has 0 spiro atoms. The predicted octanol–water partition coefficient (Wildman–Crippen LogP) is -0.0467. The van der Waals surface area contributed by atoms with Crippen molar-refractivity contribution < 1.29 is 14.4 Å². The molecule has 0 radical (unpaired) electrons. The van der Waals surface area contributed by atoms with E-state index in [1.807, 2.05) is 6.92 Å². The zero-order chi connectivity index (χ0) is 12.4. The summed E-state index contributed by atoms with van der Waals surface area (Å²) in [6.45, 7) is 3.96. The van der Waals surface area contributed by atoms with Crippen molar-refractivity contribution in [2.24, 2.45) is 0 Å². The first-order valence-corrected chi connectivity index (χ1v) is 4.96. The van der Waals surface area contributed by atoms with Crippen LogP contribution in [0.15, 0.2) is 4.52 Å². The van der Waals surface area contributed by atoms with E-state index in [-0.39, 0.29) is 6.42 Å². The fourth-order valence-corrected chi connectivity index (χ4v) is 1.49. The molecule has 0 fully saturated rings. The zero-order valence-electron chi connectivity index (χ0n) is 9.41. The van der Waals surface area contributed by atoms with Crippen LogP contribution in [0.3, 0.4) is 0 Å². The first kappa shape index (κ1) is 11.2. The van der Waals surface area contributed by atoms with E-state index in [1.165, 1.54) is 4.68 Å². The Kier molecular flexibility index (Phi) is 2.86. The van der Waals surface area contributed by atoms with Gasteiger partial charge in [0.2, 0.25) is 0 Å². The zero-order valence-corrected chi connectivity index (χ0v) is 9.41. The van der Waals surface area contributed by atoms with Crippen molar-refractivity contribution in [1.82, 2.24) is 25.4 Å². The average Bonchev–Trinajstić information content (AvgIpc) is 2.80. The molecular formula is C9H11N5O3. The molecule has 0 aliphatic heterocycles. The summed E-state index contributed by atoms with van der Waals surface area (Å²) in [7, 11) is 0. The van der Waals surface area contributed by atoms with E-state index in [9.17, 15) is 4.79 Å². The molecule has 17 heavy (non-hydrogen) atoms. The number of hydrogen-bond donors (Lipinski definition) is 1. The molecule has 2 aromatic rings. The second kappa shape index (κ2) is 4.32. The first-order chi connectivity index (χ1) is 8.08. The summed E-state index contributed by atoms with van der Waals surface area (Å²) in [5.41, 5.74) is 1.61. The van der Waals surface area contributed by atoms with Crippen molar-refractivity contribution in [2.75, 3.05) is 0 Å². The van der Waals surface area contributed by atoms with E-state index in [4.69, 9.17) is 9.63 Å². The standard InChI is InChI=1S/C9H11N5O3/c1-5-7(6(2)17-11-5)4-14-8(3-9(15)16)10-12-13-14/h3-4H2,1-2H3,(H,15,16). The van der Waals surface area contributed by atoms with Gasteiger partial charge in [-0.05, 0) is 24.3 Å². The van der Waals surface area contributed by atoms with Gasteiger partial charge in [0.25, 0.3) is 0 Å². The number of aliphatic carboxylic acids is 1. The van der Waals surface area contributed by atoms with Crippen LogP contribution in [0.2, 0.25) is 0 Å². The number of carboxylic acid groups (broad SMARTS) is 1. The number of carboxylic acids is 1. The van der Waals surface area contributed by atoms with Crippen molar-refractivity contribution in [3.63, 3.8) is 0 Å². The summed E-state index contributed by atoms with van der Waals surface area (Å²) >= 11 is 0. The summed E-state index contributed by atoms with van der Waals surface area (Å²) in [6.07, 6.45) is -0.212. The normalized spacial score (nSPS) is 10.7. The largest absolute Gasteiger partial charge is 0.481 e. The maximum Gasteiger partial charge on any atom is 0.311 e. The highest BCUT2D eigenvalue weighted by Crippen LogP contribution is 2.13. The molecule has 0 bridgehead atoms. The molecule has 2 heterocycles. The highest BCUT2D eigenvalue weighted by molar-refractivity contribution is 5.68. The van der Waals surface area contributed by atoms with Crippen molar-refractivity contribution in [3.8, 4) is 0 Å². The molecule has 2 aromatic heterocycles. The van der Waals surface area contributed by atoms with Crippen LogP contribution in [-0.2, 0) is 17.8 Å². The van der Waals surface area contributed by atoms with Crippen LogP contribution in [0, 0.1) is 13.8 Å². The number of tetrazole rings is 1. The van der Waals surface area contributed by atoms with E-state index >= 15 is 0 Å². The highest BCUT2D eigenvalue weighted by atomic mass is 16.5. The second-order valence-corrected chi connectivity index (χ2v) is 3.63. The van der Waals surface area contributed by atoms with E-state index in [2.05, 4.69) is 20.7 Å². The minimum Gasteiger partial charge on any atom is -0.481 e. The molecule has 0 saturated carbocycles. The third kappa shape index (κ3) is 2.30. The van der Waals surface area contributed by atoms with Crippen LogP contribution in [0.4, 0.5) is 0 Å². The molecule has 0 saturated heterocycles. The van der Waals surface area contributed by atoms with Gasteiger partial charge in [-0.1, -0.05) is 5.16 Å². The number of hydrogen-bond acceptors (Lipinski definition) is 6. The Bertz CT molecular complexity index is 525. The molecular weight excluding hydrogens is 226 g/mol. The summed E-state index contributed by atoms with van der Waals surface area (Å²) < 4.78 is 6.45. The Hall–Kier alpha value is -2.25. The van der Waals surface area contributed by atoms with Crippen molar-refractivity contribution in [1.29, 1.82) is 0 Å². The fourth-order valence-electron chi connectivity index (χ4n) is 1.49. The summed E-state index contributed by atoms with van der Waals surface area (Å²) in [4.78, 5) is 10.6. The SMILES string of the molecule is Cc1noc(C)c1Cn1nnnc1CC(=O)O. The van der Waals surface area contributed by atoms with Gasteiger partial charge in [-0.25, -0.2) is 4.68 Å². The Morgan fingerprint density at radius 3 is 2.82 bits per heavy atom. The van der Waals surface area contributed by atoms with Gasteiger partial charge in [0.1, 0.15) is 12.2 Å². The van der Waals surface area contributed by atoms with Crippen LogP contribution in [0.5, 0.6) is 0 Å². The molecule has 1 N–H and O–H groups in total. The molecule has 90 valence electrons. The molecule has 0 amide bonds. The molecule has 0 aliphatic carbocycles. The van der Waals surface area contributed by atoms with Gasteiger partial charge in [-0.15, -0.1) is 5.10 Å². The van der Waals surface area contributed by atoms with Gasteiger partial charge in [0, 0.05) is 5.56 Å². The smallest absolute Gasteiger partial charge is 0.311 e. The van der Waals surface area contributed by atoms with Crippen LogP contribution in [-0.4, -0.2) is 36.4 Å². The van der Waals surface area contributed by atoms with Gasteiger partial charge in [-0.2, -0.15) is 0 Å². The Morgan fingerprint density at radius 1 is 1.47 bits per heavy atom. The molecule has 0 unspecified atom stereocenters. The lowest BCUT2D eigenvalue weighted by atomic mass is 10.2. The second-order valence-electron chi connectivity index (χ2n) is 3.63. The molecule has 8 nitrogen and oxygen atoms in total. The van der Waals surface area contributed by atoms with Crippen LogP contribution in [0.25, 0.3) is 0 Å². The predicted molar refractivity (Wildman–Crippen MR) is 54.2 cm³/mol. The molecule has 0 aromatic carbocycles. The van der Waals surface area contributed by atoms with Crippen molar-refractivity contribution in [3.05, 3.63) is 22.8 Å². The molecule has 2 rings (SSSR count). The highest BCUT2D eigenvalue weighted by Gasteiger charge is 2.15. The van der Waals surface area contributed by atoms with Gasteiger partial charge in [-0.3, -0.25) is 4.79 Å². The number of carbonyl (C=O) groups is 1. The summed E-state index contributed by atoms with van der Waals surface area (Å²) in [5.74, 6) is 0.0107. The van der Waals surface area contributed by atoms with Gasteiger partial charge < -0.3 is 9.63 Å². The van der Waals surface area contributed by atoms with Crippen LogP contribution >= 0.6 is 0 Å². The Balaban J connectivity index is 2.25. The molecule has 0 atom stereocenters. The van der Waals surface area contributed by atoms with Gasteiger partial charge in [0.05, 0.1) is 12.2 Å². The maximum absolute atomic E-state index is 10.6. The van der Waals surface area contributed by atoms with Crippen molar-refractivity contribution in [2.45, 2.75) is 26.8 Å². The Labute approximate surface area is 96.2 Å². The minimum absolute atomic E-state index is 0.212. The first-order valence-electron chi connectivity index (χ1n) is 4.96. The van der Waals surface area contributed by atoms with E-state index in [0.717, 1.165) is 11.3 Å². The van der Waals surface area contributed by atoms with Crippen LogP contribution in [0.1, 0.15) is 22.8 Å². The lowest BCUT2D eigenvalue weighted by Crippen LogP contribution is -2.12. The molecule has 0 aliphatic rings. The number of aromatic nitrogens is 5. The van der Waals surface area contributed by atoms with Gasteiger partial charge >= 0.3 is 5.97 Å². The van der Waals surface area contributed by atoms with Gasteiger partial charge in [0.15, 0.2) is 5.82 Å². The molecule has 8 heteroatoms. The quantitative estimate of drug-likeness (QED) is 0.794. The third-order valence-corrected chi connectivity index (χ3v) is 2.40. The average molecular weight is 237 g/mol. The number of nitrogens with zero attached hydrogens (tertiary/aromatic N) is 5. The fraction of sp³-hybridized carbons (Fsp3) is 0.444. The maximum atomic E-state index is 10.6. The minimum atomic E-state index is -0.972. The summed E-state index contributed by atoms with van der Waals surface area (Å²) in [5, 5.41) is 23.4. The van der Waals surface area contributed by atoms with E-state index in [1.54, 1.807) is 6.92 Å². The summed E-state index contributed by atoms with van der Waals surface area (Å²) in [6, 6.07) is 0. The third-order valence-electron chi connectivity index (χ3n) is 2.40.